The number of nitrogens with one attached hydrogen (secondary N) is 2. The van der Waals surface area contributed by atoms with Crippen molar-refractivity contribution in [1.82, 2.24) is 15.0 Å². The van der Waals surface area contributed by atoms with E-state index in [1.165, 1.54) is 36.0 Å². The maximum absolute atomic E-state index is 15.1. The summed E-state index contributed by atoms with van der Waals surface area (Å²) >= 11 is 3.73. The highest BCUT2D eigenvalue weighted by molar-refractivity contribution is 14.1. The maximum Gasteiger partial charge on any atom is 0.313 e. The summed E-state index contributed by atoms with van der Waals surface area (Å²) in [6.07, 6.45) is 8.23. The molecule has 5 aromatic rings. The Morgan fingerprint density at radius 2 is 1.89 bits per heavy atom. The third-order valence-corrected chi connectivity index (χ3v) is 9.12. The first-order valence-electron chi connectivity index (χ1n) is 14.3. The number of fused-ring (bicyclic) bond motifs is 1. The number of thioether (sulfide) groups is 1. The van der Waals surface area contributed by atoms with Crippen LogP contribution in [0, 0.1) is 15.2 Å². The third-order valence-electron chi connectivity index (χ3n) is 7.42. The summed E-state index contributed by atoms with van der Waals surface area (Å²) in [4.78, 5) is 21.5. The first-order chi connectivity index (χ1) is 21.3. The van der Waals surface area contributed by atoms with Gasteiger partial charge in [0.2, 0.25) is 0 Å². The van der Waals surface area contributed by atoms with E-state index < -0.39 is 24.2 Å². The fraction of sp³-hybridized carbons (Fsp3) is 0.273. The molecule has 0 aliphatic rings. The zero-order chi connectivity index (χ0) is 31.1. The summed E-state index contributed by atoms with van der Waals surface area (Å²) in [7, 11) is 0. The number of aromatic amines is 2. The number of rotatable bonds is 15. The molecule has 1 atom stereocenters. The van der Waals surface area contributed by atoms with Crippen molar-refractivity contribution in [3.63, 3.8) is 0 Å². The van der Waals surface area contributed by atoms with Crippen molar-refractivity contribution >= 4 is 51.2 Å². The Morgan fingerprint density at radius 3 is 2.68 bits per heavy atom. The SMILES string of the molecule is O=C(O)CSCCCCCCC(c1cccc(I)c1)c1cnc(-c2cc(Oc3c(F)cc4[nH]ccc4c3CO)ccc2F)[nH]1. The lowest BCUT2D eigenvalue weighted by molar-refractivity contribution is -0.133. The van der Waals surface area contributed by atoms with Crippen molar-refractivity contribution in [2.45, 2.75) is 44.6 Å². The van der Waals surface area contributed by atoms with Crippen molar-refractivity contribution in [2.24, 2.45) is 0 Å². The van der Waals surface area contributed by atoms with E-state index in [4.69, 9.17) is 9.84 Å². The van der Waals surface area contributed by atoms with E-state index in [9.17, 15) is 14.3 Å². The molecule has 0 fully saturated rings. The summed E-state index contributed by atoms with van der Waals surface area (Å²) in [5, 5.41) is 19.4. The quantitative estimate of drug-likeness (QED) is 0.0634. The van der Waals surface area contributed by atoms with Gasteiger partial charge in [-0.25, -0.2) is 13.8 Å². The molecule has 0 spiro atoms. The number of carbonyl (C=O) groups is 1. The summed E-state index contributed by atoms with van der Waals surface area (Å²) in [5.41, 5.74) is 3.01. The number of benzene rings is 3. The summed E-state index contributed by atoms with van der Waals surface area (Å²) < 4.78 is 37.1. The molecule has 0 aliphatic heterocycles. The van der Waals surface area contributed by atoms with Gasteiger partial charge in [0.05, 0.1) is 17.9 Å². The topological polar surface area (TPSA) is 111 Å². The molecule has 0 aliphatic carbocycles. The zero-order valence-electron chi connectivity index (χ0n) is 23.8. The normalized spacial score (nSPS) is 12.1. The number of aliphatic carboxylic acids is 1. The number of ether oxygens (including phenoxy) is 1. The van der Waals surface area contributed by atoms with E-state index in [-0.39, 0.29) is 28.7 Å². The molecule has 4 N–H and O–H groups in total. The Balaban J connectivity index is 1.34. The van der Waals surface area contributed by atoms with Crippen molar-refractivity contribution < 1.29 is 28.5 Å². The largest absolute Gasteiger partial charge is 0.481 e. The number of carboxylic acids is 1. The number of aliphatic hydroxyl groups excluding tert-OH is 1. The summed E-state index contributed by atoms with van der Waals surface area (Å²) in [5.74, 6) is -0.524. The lowest BCUT2D eigenvalue weighted by Gasteiger charge is -2.16. The van der Waals surface area contributed by atoms with Crippen LogP contribution in [0.15, 0.2) is 67.0 Å². The predicted octanol–water partition coefficient (Wildman–Crippen LogP) is 8.63. The van der Waals surface area contributed by atoms with Gasteiger partial charge >= 0.3 is 5.97 Å². The first kappa shape index (κ1) is 32.0. The van der Waals surface area contributed by atoms with Crippen LogP contribution in [0.4, 0.5) is 8.78 Å². The van der Waals surface area contributed by atoms with E-state index >= 15 is 4.39 Å². The minimum atomic E-state index is -0.785. The Labute approximate surface area is 271 Å². The summed E-state index contributed by atoms with van der Waals surface area (Å²) in [6.45, 7) is -0.430. The molecule has 0 saturated carbocycles. The Bertz CT molecular complexity index is 1740. The van der Waals surface area contributed by atoms with Gasteiger partial charge in [0.1, 0.15) is 17.4 Å². The van der Waals surface area contributed by atoms with Crippen LogP contribution in [0.3, 0.4) is 0 Å². The molecular formula is C33H32F2IN3O4S. The third kappa shape index (κ3) is 7.80. The fourth-order valence-electron chi connectivity index (χ4n) is 5.30. The number of H-pyrrole nitrogens is 2. The Hall–Kier alpha value is -3.42. The van der Waals surface area contributed by atoms with Gasteiger partial charge in [-0.2, -0.15) is 11.8 Å². The van der Waals surface area contributed by atoms with E-state index in [1.54, 1.807) is 18.5 Å². The zero-order valence-corrected chi connectivity index (χ0v) is 26.8. The van der Waals surface area contributed by atoms with Crippen molar-refractivity contribution in [3.8, 4) is 22.9 Å². The lowest BCUT2D eigenvalue weighted by Crippen LogP contribution is -2.03. The average Bonchev–Trinajstić information content (AvgIpc) is 3.67. The first-order valence-corrected chi connectivity index (χ1v) is 16.5. The number of nitrogens with zero attached hydrogens (tertiary/aromatic N) is 1. The van der Waals surface area contributed by atoms with Gasteiger partial charge in [0, 0.05) is 50.1 Å². The van der Waals surface area contributed by atoms with Crippen LogP contribution in [0.2, 0.25) is 0 Å². The molecule has 3 aromatic carbocycles. The van der Waals surface area contributed by atoms with Crippen molar-refractivity contribution in [1.29, 1.82) is 0 Å². The van der Waals surface area contributed by atoms with Crippen LogP contribution in [0.25, 0.3) is 22.3 Å². The number of aromatic nitrogens is 3. The number of halogens is 3. The number of imidazole rings is 1. The van der Waals surface area contributed by atoms with E-state index in [0.29, 0.717) is 22.3 Å². The Kier molecular flexibility index (Phi) is 10.9. The Morgan fingerprint density at radius 1 is 1.05 bits per heavy atom. The van der Waals surface area contributed by atoms with E-state index in [0.717, 1.165) is 52.7 Å². The molecule has 0 bridgehead atoms. The molecular weight excluding hydrogens is 699 g/mol. The second kappa shape index (κ2) is 15.0. The van der Waals surface area contributed by atoms with E-state index in [2.05, 4.69) is 49.7 Å². The highest BCUT2D eigenvalue weighted by Gasteiger charge is 2.21. The highest BCUT2D eigenvalue weighted by atomic mass is 127. The second-order valence-electron chi connectivity index (χ2n) is 10.5. The van der Waals surface area contributed by atoms with Gasteiger partial charge in [-0.3, -0.25) is 4.79 Å². The lowest BCUT2D eigenvalue weighted by atomic mass is 9.90. The molecule has 0 saturated heterocycles. The number of unbranched alkanes of at least 4 members (excludes halogenated alkanes) is 3. The predicted molar refractivity (Wildman–Crippen MR) is 177 cm³/mol. The van der Waals surface area contributed by atoms with Gasteiger partial charge in [-0.1, -0.05) is 31.4 Å². The minimum absolute atomic E-state index is 0.0177. The molecule has 11 heteroatoms. The number of hydrogen-bond donors (Lipinski definition) is 4. The average molecular weight is 732 g/mol. The number of hydrogen-bond acceptors (Lipinski definition) is 5. The molecule has 44 heavy (non-hydrogen) atoms. The number of carboxylic acid groups (broad SMARTS) is 1. The molecule has 0 radical (unpaired) electrons. The molecule has 2 heterocycles. The molecule has 5 rings (SSSR count). The standard InChI is InChI=1S/C33H32F2IN3O4S/c34-27-10-9-22(43-32-26(18-40)24-11-12-37-29(24)16-28(32)35)15-25(27)33-38-17-30(39-33)23(20-6-5-7-21(36)14-20)8-3-1-2-4-13-44-19-31(41)42/h5-7,9-12,14-17,23,37,40H,1-4,8,13,18-19H2,(H,38,39)(H,41,42). The second-order valence-corrected chi connectivity index (χ2v) is 12.8. The molecule has 0 amide bonds. The molecule has 1 unspecified atom stereocenters. The molecule has 230 valence electrons. The van der Waals surface area contributed by atoms with E-state index in [1.807, 2.05) is 12.1 Å². The van der Waals surface area contributed by atoms with Gasteiger partial charge in [-0.15, -0.1) is 0 Å². The van der Waals surface area contributed by atoms with Gasteiger partial charge in [0.25, 0.3) is 0 Å². The van der Waals surface area contributed by atoms with Crippen LogP contribution in [0.1, 0.15) is 54.8 Å². The number of aliphatic hydroxyl groups is 1. The van der Waals surface area contributed by atoms with Crippen LogP contribution in [0.5, 0.6) is 11.5 Å². The monoisotopic (exact) mass is 731 g/mol. The van der Waals surface area contributed by atoms with Crippen LogP contribution in [-0.2, 0) is 11.4 Å². The van der Waals surface area contributed by atoms with Gasteiger partial charge in [-0.05, 0) is 83.1 Å². The minimum Gasteiger partial charge on any atom is -0.481 e. The molecule has 2 aromatic heterocycles. The highest BCUT2D eigenvalue weighted by Crippen LogP contribution is 2.37. The smallest absolute Gasteiger partial charge is 0.313 e. The van der Waals surface area contributed by atoms with Crippen molar-refractivity contribution in [2.75, 3.05) is 11.5 Å². The van der Waals surface area contributed by atoms with Crippen LogP contribution >= 0.6 is 34.4 Å². The van der Waals surface area contributed by atoms with Gasteiger partial charge < -0.3 is 24.9 Å². The van der Waals surface area contributed by atoms with Crippen molar-refractivity contribution in [3.05, 3.63) is 99.0 Å². The molecule has 7 nitrogen and oxygen atoms in total. The summed E-state index contributed by atoms with van der Waals surface area (Å²) in [6, 6.07) is 15.5. The van der Waals surface area contributed by atoms with Crippen LogP contribution in [-0.4, -0.2) is 42.6 Å². The van der Waals surface area contributed by atoms with Gasteiger partial charge in [0.15, 0.2) is 11.6 Å². The maximum atomic E-state index is 15.1. The van der Waals surface area contributed by atoms with Crippen LogP contribution < -0.4 is 4.74 Å². The fourth-order valence-corrected chi connectivity index (χ4v) is 6.59.